The van der Waals surface area contributed by atoms with E-state index < -0.39 is 0 Å². The van der Waals surface area contributed by atoms with Crippen LogP contribution in [0, 0.1) is 17.8 Å². The second-order valence-corrected chi connectivity index (χ2v) is 15.9. The van der Waals surface area contributed by atoms with Crippen LogP contribution in [0.4, 0.5) is 0 Å². The number of likely N-dealkylation sites (N-methyl/N-ethyl adjacent to an activating group) is 4. The lowest BCUT2D eigenvalue weighted by Crippen LogP contribution is -2.49. The van der Waals surface area contributed by atoms with Crippen LogP contribution in [-0.4, -0.2) is 135 Å². The van der Waals surface area contributed by atoms with Crippen molar-refractivity contribution in [3.63, 3.8) is 0 Å². The Balaban J connectivity index is 0. The van der Waals surface area contributed by atoms with Gasteiger partial charge < -0.3 is 29.2 Å². The number of nitrogens with zero attached hydrogens (tertiary/aromatic N) is 5. The summed E-state index contributed by atoms with van der Waals surface area (Å²) in [5.41, 5.74) is 0. The molecule has 0 atom stereocenters. The summed E-state index contributed by atoms with van der Waals surface area (Å²) in [5, 5.41) is 0. The van der Waals surface area contributed by atoms with Gasteiger partial charge in [0.15, 0.2) is 0 Å². The highest BCUT2D eigenvalue weighted by molar-refractivity contribution is 4.77. The molecule has 0 rings (SSSR count). The average molecular weight is 614 g/mol. The van der Waals surface area contributed by atoms with Gasteiger partial charge in [-0.1, -0.05) is 41.5 Å². The molecule has 0 spiro atoms. The van der Waals surface area contributed by atoms with Crippen LogP contribution in [-0.2, 0) is 4.74 Å². The van der Waals surface area contributed by atoms with E-state index in [0.717, 1.165) is 43.9 Å². The summed E-state index contributed by atoms with van der Waals surface area (Å²) in [6.45, 7) is 39.6. The highest BCUT2D eigenvalue weighted by Gasteiger charge is 2.25. The maximum atomic E-state index is 6.77. The highest BCUT2D eigenvalue weighted by atomic mass is 16.5. The summed E-state index contributed by atoms with van der Waals surface area (Å²) in [4.78, 5) is 12.3. The first kappa shape index (κ1) is 44.9. The minimum absolute atomic E-state index is 0.205. The molecule has 0 heterocycles. The summed E-state index contributed by atoms with van der Waals surface area (Å²) in [5.74, 6) is 2.50. The monoisotopic (exact) mass is 614 g/mol. The normalized spacial score (nSPS) is 13.1. The number of rotatable bonds is 23. The lowest BCUT2D eigenvalue weighted by molar-refractivity contribution is -0.0674. The van der Waals surface area contributed by atoms with Crippen molar-refractivity contribution >= 4 is 0 Å². The van der Waals surface area contributed by atoms with Crippen molar-refractivity contribution in [2.45, 2.75) is 153 Å². The predicted octanol–water partition coefficient (Wildman–Crippen LogP) is 7.53. The minimum atomic E-state index is 0.205. The van der Waals surface area contributed by atoms with Gasteiger partial charge >= 0.3 is 0 Å². The first-order chi connectivity index (χ1) is 19.8. The molecule has 0 saturated carbocycles. The third-order valence-corrected chi connectivity index (χ3v) is 8.95. The molecule has 0 aliphatic rings. The lowest BCUT2D eigenvalue weighted by atomic mass is 10.1. The molecule has 0 saturated heterocycles. The van der Waals surface area contributed by atoms with Gasteiger partial charge in [0.2, 0.25) is 0 Å². The van der Waals surface area contributed by atoms with Gasteiger partial charge in [0.1, 0.15) is 0 Å². The molecule has 6 heteroatoms. The number of hydrogen-bond acceptors (Lipinski definition) is 6. The van der Waals surface area contributed by atoms with Crippen LogP contribution in [0.2, 0.25) is 0 Å². The van der Waals surface area contributed by atoms with Gasteiger partial charge in [-0.25, -0.2) is 0 Å². The van der Waals surface area contributed by atoms with Crippen molar-refractivity contribution in [2.75, 3.05) is 74.0 Å². The van der Waals surface area contributed by atoms with Gasteiger partial charge in [-0.3, -0.25) is 0 Å². The maximum absolute atomic E-state index is 6.77. The van der Waals surface area contributed by atoms with E-state index in [1.807, 2.05) is 0 Å². The van der Waals surface area contributed by atoms with E-state index in [-0.39, 0.29) is 12.2 Å². The van der Waals surface area contributed by atoms with E-state index in [1.165, 1.54) is 38.9 Å². The second-order valence-electron chi connectivity index (χ2n) is 15.9. The molecule has 0 radical (unpaired) electrons. The van der Waals surface area contributed by atoms with Crippen LogP contribution in [0.1, 0.15) is 116 Å². The Morgan fingerprint density at radius 3 is 0.744 bits per heavy atom. The molecular weight excluding hydrogens is 530 g/mol. The molecule has 0 N–H and O–H groups in total. The lowest BCUT2D eigenvalue weighted by Gasteiger charge is -2.37. The van der Waals surface area contributed by atoms with Crippen LogP contribution >= 0.6 is 0 Å². The zero-order valence-electron chi connectivity index (χ0n) is 32.9. The highest BCUT2D eigenvalue weighted by Crippen LogP contribution is 2.12. The molecule has 0 aliphatic heterocycles. The Bertz CT molecular complexity index is 528. The van der Waals surface area contributed by atoms with Crippen molar-refractivity contribution in [1.82, 2.24) is 24.5 Å². The smallest absolute Gasteiger partial charge is 0.0833 e. The standard InChI is InChI=1S/C22H50N4O.C15H33N/c1-17(2)23(9)13-21(14-24(10)18(3)4)27-22(15-25(11)19(5)6)16-26(12)20(7)8;1-13(2)7-10-16(11-8-14(3)4)12-9-15(5)6/h17-22H,13-16H2,1-12H3;13-15H,7-12H2,1-6H3. The van der Waals surface area contributed by atoms with Crippen LogP contribution in [0.25, 0.3) is 0 Å². The Labute approximate surface area is 273 Å². The Kier molecular flexibility index (Phi) is 26.0. The molecule has 43 heavy (non-hydrogen) atoms. The molecule has 0 aliphatic carbocycles. The molecule has 6 nitrogen and oxygen atoms in total. The van der Waals surface area contributed by atoms with Crippen molar-refractivity contribution in [3.05, 3.63) is 0 Å². The second kappa shape index (κ2) is 24.9. The van der Waals surface area contributed by atoms with Crippen molar-refractivity contribution in [2.24, 2.45) is 17.8 Å². The van der Waals surface area contributed by atoms with Crippen molar-refractivity contribution in [1.29, 1.82) is 0 Å². The van der Waals surface area contributed by atoms with Gasteiger partial charge in [-0.15, -0.1) is 0 Å². The zero-order valence-corrected chi connectivity index (χ0v) is 32.9. The summed E-state index contributed by atoms with van der Waals surface area (Å²) in [7, 11) is 8.80. The SMILES string of the molecule is CC(C)CCN(CCC(C)C)CCC(C)C.CC(C)N(C)CC(CN(C)C(C)C)OC(CN(C)C(C)C)CN(C)C(C)C. The van der Waals surface area contributed by atoms with Crippen LogP contribution in [0.5, 0.6) is 0 Å². The molecule has 0 aromatic rings. The summed E-state index contributed by atoms with van der Waals surface area (Å²) < 4.78 is 6.77. The molecule has 0 amide bonds. The molecule has 0 aromatic heterocycles. The fraction of sp³-hybridized carbons (Fsp3) is 1.00. The van der Waals surface area contributed by atoms with Gasteiger partial charge in [0.25, 0.3) is 0 Å². The fourth-order valence-electron chi connectivity index (χ4n) is 4.35. The Morgan fingerprint density at radius 1 is 0.372 bits per heavy atom. The first-order valence-electron chi connectivity index (χ1n) is 17.9. The van der Waals surface area contributed by atoms with Gasteiger partial charge in [-0.05, 0) is 140 Å². The summed E-state index contributed by atoms with van der Waals surface area (Å²) in [6, 6.07) is 2.09. The third-order valence-electron chi connectivity index (χ3n) is 8.95. The van der Waals surface area contributed by atoms with E-state index >= 15 is 0 Å². The van der Waals surface area contributed by atoms with Crippen molar-refractivity contribution < 1.29 is 4.74 Å². The Morgan fingerprint density at radius 2 is 0.581 bits per heavy atom. The largest absolute Gasteiger partial charge is 0.370 e. The minimum Gasteiger partial charge on any atom is -0.370 e. The molecular formula is C37H83N5O. The average Bonchev–Trinajstić information content (AvgIpc) is 2.87. The summed E-state index contributed by atoms with van der Waals surface area (Å²) in [6.07, 6.45) is 4.44. The van der Waals surface area contributed by atoms with E-state index in [0.29, 0.717) is 24.2 Å². The number of hydrogen-bond donors (Lipinski definition) is 0. The van der Waals surface area contributed by atoms with E-state index in [4.69, 9.17) is 4.74 Å². The van der Waals surface area contributed by atoms with E-state index in [9.17, 15) is 0 Å². The zero-order chi connectivity index (χ0) is 33.9. The molecule has 0 bridgehead atoms. The fourth-order valence-corrected chi connectivity index (χ4v) is 4.35. The van der Waals surface area contributed by atoms with Crippen molar-refractivity contribution in [3.8, 4) is 0 Å². The summed E-state index contributed by atoms with van der Waals surface area (Å²) >= 11 is 0. The van der Waals surface area contributed by atoms with Crippen LogP contribution in [0.15, 0.2) is 0 Å². The molecule has 0 fully saturated rings. The third kappa shape index (κ3) is 25.6. The van der Waals surface area contributed by atoms with Gasteiger partial charge in [0, 0.05) is 50.3 Å². The Hall–Kier alpha value is -0.240. The van der Waals surface area contributed by atoms with E-state index in [2.05, 4.69) is 150 Å². The number of ether oxygens (including phenoxy) is 1. The van der Waals surface area contributed by atoms with Crippen LogP contribution in [0.3, 0.4) is 0 Å². The molecule has 0 aromatic carbocycles. The quantitative estimate of drug-likeness (QED) is 0.118. The molecule has 262 valence electrons. The topological polar surface area (TPSA) is 25.4 Å². The predicted molar refractivity (Wildman–Crippen MR) is 195 cm³/mol. The maximum Gasteiger partial charge on any atom is 0.0833 e. The van der Waals surface area contributed by atoms with Gasteiger partial charge in [-0.2, -0.15) is 0 Å². The molecule has 0 unspecified atom stereocenters. The van der Waals surface area contributed by atoms with Gasteiger partial charge in [0.05, 0.1) is 12.2 Å². The van der Waals surface area contributed by atoms with Crippen LogP contribution < -0.4 is 0 Å². The van der Waals surface area contributed by atoms with E-state index in [1.54, 1.807) is 0 Å². The first-order valence-corrected chi connectivity index (χ1v) is 17.9.